The number of halogens is 3. The van der Waals surface area contributed by atoms with E-state index in [4.69, 9.17) is 10.8 Å². The van der Waals surface area contributed by atoms with Crippen molar-refractivity contribution in [2.75, 3.05) is 11.9 Å². The number of nitrogens with two attached hydrogens (primary N) is 1. The maximum Gasteiger partial charge on any atom is 0.573 e. The molecule has 0 aliphatic heterocycles. The molecule has 30 heavy (non-hydrogen) atoms. The summed E-state index contributed by atoms with van der Waals surface area (Å²) >= 11 is 0.997. The number of hydrogen-bond acceptors (Lipinski definition) is 7. The first-order chi connectivity index (χ1) is 14.0. The standard InChI is InChI=1S/C17H19F3N4O5S/c18-17(19,20)29-9-3-5-11-12(8-9)30-16(23-11)24-13(25)2-1-7-22-15(28)10(21)4-6-14(26)27/h3,5,8,10H,1-2,4,6-7,21H2,(H,22,28)(H,26,27)(H,23,24,25)/t10-/m0/s1. The average Bonchev–Trinajstić information content (AvgIpc) is 3.02. The van der Waals surface area contributed by atoms with Gasteiger partial charge in [0.1, 0.15) is 5.75 Å². The van der Waals surface area contributed by atoms with Crippen LogP contribution in [-0.4, -0.2) is 46.8 Å². The lowest BCUT2D eigenvalue weighted by atomic mass is 10.1. The van der Waals surface area contributed by atoms with Gasteiger partial charge in [-0.05, 0) is 25.0 Å². The summed E-state index contributed by atoms with van der Waals surface area (Å²) in [5.74, 6) is -2.31. The van der Waals surface area contributed by atoms with Crippen molar-refractivity contribution in [3.63, 3.8) is 0 Å². The molecular formula is C17H19F3N4O5S. The molecule has 0 bridgehead atoms. The second-order valence-corrected chi connectivity index (χ2v) is 7.21. The Morgan fingerprint density at radius 2 is 2.00 bits per heavy atom. The fourth-order valence-corrected chi connectivity index (χ4v) is 3.25. The van der Waals surface area contributed by atoms with E-state index < -0.39 is 24.3 Å². The first-order valence-electron chi connectivity index (χ1n) is 8.75. The molecule has 0 fully saturated rings. The van der Waals surface area contributed by atoms with Crippen LogP contribution in [0.15, 0.2) is 18.2 Å². The monoisotopic (exact) mass is 448 g/mol. The van der Waals surface area contributed by atoms with E-state index in [1.54, 1.807) is 0 Å². The minimum absolute atomic E-state index is 0.00891. The topological polar surface area (TPSA) is 144 Å². The van der Waals surface area contributed by atoms with Gasteiger partial charge in [-0.1, -0.05) is 11.3 Å². The molecule has 2 aromatic rings. The molecule has 2 rings (SSSR count). The van der Waals surface area contributed by atoms with E-state index in [1.165, 1.54) is 12.1 Å². The quantitative estimate of drug-likeness (QED) is 0.408. The number of benzene rings is 1. The van der Waals surface area contributed by atoms with Gasteiger partial charge >= 0.3 is 12.3 Å². The van der Waals surface area contributed by atoms with E-state index in [-0.39, 0.29) is 42.6 Å². The third kappa shape index (κ3) is 7.83. The number of aromatic nitrogens is 1. The van der Waals surface area contributed by atoms with E-state index >= 15 is 0 Å². The lowest BCUT2D eigenvalue weighted by Crippen LogP contribution is -2.41. The summed E-state index contributed by atoms with van der Waals surface area (Å²) in [5, 5.41) is 13.8. The number of thiazole rings is 1. The Morgan fingerprint density at radius 1 is 1.27 bits per heavy atom. The molecule has 1 aromatic carbocycles. The number of alkyl halides is 3. The maximum absolute atomic E-state index is 12.3. The number of carboxylic acids is 1. The van der Waals surface area contributed by atoms with E-state index in [2.05, 4.69) is 20.4 Å². The lowest BCUT2D eigenvalue weighted by Gasteiger charge is -2.10. The van der Waals surface area contributed by atoms with Gasteiger partial charge in [-0.3, -0.25) is 14.4 Å². The van der Waals surface area contributed by atoms with Crippen molar-refractivity contribution in [3.05, 3.63) is 18.2 Å². The van der Waals surface area contributed by atoms with Crippen LogP contribution in [0, 0.1) is 0 Å². The number of ether oxygens (including phenoxy) is 1. The van der Waals surface area contributed by atoms with Crippen LogP contribution in [0.25, 0.3) is 10.2 Å². The molecule has 1 aromatic heterocycles. The third-order valence-electron chi connectivity index (χ3n) is 3.73. The first kappa shape index (κ1) is 23.3. The molecule has 0 aliphatic carbocycles. The van der Waals surface area contributed by atoms with Crippen LogP contribution in [0.4, 0.5) is 18.3 Å². The fraction of sp³-hybridized carbons (Fsp3) is 0.412. The second kappa shape index (κ2) is 10.2. The van der Waals surface area contributed by atoms with Gasteiger partial charge in [0.2, 0.25) is 11.8 Å². The molecule has 13 heteroatoms. The molecule has 164 valence electrons. The van der Waals surface area contributed by atoms with Gasteiger partial charge < -0.3 is 26.2 Å². The van der Waals surface area contributed by atoms with Crippen LogP contribution in [-0.2, 0) is 14.4 Å². The van der Waals surface area contributed by atoms with Crippen LogP contribution >= 0.6 is 11.3 Å². The molecule has 0 aliphatic rings. The van der Waals surface area contributed by atoms with Crippen molar-refractivity contribution in [3.8, 4) is 5.75 Å². The van der Waals surface area contributed by atoms with Crippen molar-refractivity contribution < 1.29 is 37.4 Å². The van der Waals surface area contributed by atoms with E-state index in [0.29, 0.717) is 16.6 Å². The molecule has 5 N–H and O–H groups in total. The van der Waals surface area contributed by atoms with Gasteiger partial charge in [-0.2, -0.15) is 0 Å². The van der Waals surface area contributed by atoms with Crippen LogP contribution in [0.2, 0.25) is 0 Å². The number of rotatable bonds is 10. The van der Waals surface area contributed by atoms with Gasteiger partial charge in [0.15, 0.2) is 5.13 Å². The summed E-state index contributed by atoms with van der Waals surface area (Å²) in [4.78, 5) is 38.2. The highest BCUT2D eigenvalue weighted by atomic mass is 32.1. The number of nitrogens with zero attached hydrogens (tertiary/aromatic N) is 1. The predicted molar refractivity (Wildman–Crippen MR) is 102 cm³/mol. The van der Waals surface area contributed by atoms with Gasteiger partial charge in [0, 0.05) is 25.5 Å². The predicted octanol–water partition coefficient (Wildman–Crippen LogP) is 2.22. The molecule has 0 saturated carbocycles. The first-order valence-corrected chi connectivity index (χ1v) is 9.56. The average molecular weight is 448 g/mol. The van der Waals surface area contributed by atoms with Crippen LogP contribution < -0.4 is 21.1 Å². The highest BCUT2D eigenvalue weighted by Crippen LogP contribution is 2.31. The number of carboxylic acid groups (broad SMARTS) is 1. The largest absolute Gasteiger partial charge is 0.573 e. The minimum atomic E-state index is -4.80. The number of carbonyl (C=O) groups is 3. The Morgan fingerprint density at radius 3 is 2.67 bits per heavy atom. The normalized spacial score (nSPS) is 12.4. The number of hydrogen-bond donors (Lipinski definition) is 4. The SMILES string of the molecule is N[C@@H](CCC(=O)O)C(=O)NCCCC(=O)Nc1nc2ccc(OC(F)(F)F)cc2s1. The zero-order valence-electron chi connectivity index (χ0n) is 15.5. The molecule has 0 saturated heterocycles. The Bertz CT molecular complexity index is 918. The molecule has 0 radical (unpaired) electrons. The van der Waals surface area contributed by atoms with E-state index in [1.807, 2.05) is 0 Å². The number of carbonyl (C=O) groups excluding carboxylic acids is 2. The smallest absolute Gasteiger partial charge is 0.481 e. The van der Waals surface area contributed by atoms with Crippen molar-refractivity contribution in [1.29, 1.82) is 0 Å². The Hall–Kier alpha value is -2.93. The summed E-state index contributed by atoms with van der Waals surface area (Å²) < 4.78 is 41.1. The Labute approximate surface area is 172 Å². The Balaban J connectivity index is 1.77. The summed E-state index contributed by atoms with van der Waals surface area (Å²) in [6.07, 6.45) is -4.65. The number of nitrogens with one attached hydrogen (secondary N) is 2. The maximum atomic E-state index is 12.3. The van der Waals surface area contributed by atoms with Gasteiger partial charge in [0.05, 0.1) is 16.3 Å². The van der Waals surface area contributed by atoms with Crippen LogP contribution in [0.5, 0.6) is 5.75 Å². The Kier molecular flexibility index (Phi) is 7.94. The summed E-state index contributed by atoms with van der Waals surface area (Å²) in [6.45, 7) is 0.172. The zero-order valence-corrected chi connectivity index (χ0v) is 16.3. The molecule has 1 atom stereocenters. The number of fused-ring (bicyclic) bond motifs is 1. The zero-order chi connectivity index (χ0) is 22.3. The van der Waals surface area contributed by atoms with Crippen LogP contribution in [0.1, 0.15) is 25.7 Å². The van der Waals surface area contributed by atoms with Crippen LogP contribution in [0.3, 0.4) is 0 Å². The minimum Gasteiger partial charge on any atom is -0.481 e. The molecular weight excluding hydrogens is 429 g/mol. The molecule has 0 unspecified atom stereocenters. The van der Waals surface area contributed by atoms with Crippen molar-refractivity contribution in [2.45, 2.75) is 38.1 Å². The van der Waals surface area contributed by atoms with Gasteiger partial charge in [0.25, 0.3) is 0 Å². The lowest BCUT2D eigenvalue weighted by molar-refractivity contribution is -0.274. The number of amides is 2. The molecule has 1 heterocycles. The van der Waals surface area contributed by atoms with Gasteiger partial charge in [-0.15, -0.1) is 13.2 Å². The van der Waals surface area contributed by atoms with E-state index in [0.717, 1.165) is 17.4 Å². The van der Waals surface area contributed by atoms with Crippen molar-refractivity contribution in [1.82, 2.24) is 10.3 Å². The summed E-state index contributed by atoms with van der Waals surface area (Å²) in [6, 6.07) is 2.72. The highest BCUT2D eigenvalue weighted by molar-refractivity contribution is 7.22. The summed E-state index contributed by atoms with van der Waals surface area (Å²) in [7, 11) is 0. The molecule has 9 nitrogen and oxygen atoms in total. The number of anilines is 1. The highest BCUT2D eigenvalue weighted by Gasteiger charge is 2.31. The molecule has 0 spiro atoms. The number of aliphatic carboxylic acids is 1. The van der Waals surface area contributed by atoms with Gasteiger partial charge in [-0.25, -0.2) is 4.98 Å². The fourth-order valence-electron chi connectivity index (χ4n) is 2.34. The van der Waals surface area contributed by atoms with E-state index in [9.17, 15) is 27.6 Å². The van der Waals surface area contributed by atoms with Crippen molar-refractivity contribution >= 4 is 44.5 Å². The second-order valence-electron chi connectivity index (χ2n) is 6.18. The molecule has 2 amide bonds. The summed E-state index contributed by atoms with van der Waals surface area (Å²) in [5.41, 5.74) is 5.97. The third-order valence-corrected chi connectivity index (χ3v) is 4.66. The van der Waals surface area contributed by atoms with Crippen molar-refractivity contribution in [2.24, 2.45) is 5.73 Å².